The van der Waals surface area contributed by atoms with Gasteiger partial charge < -0.3 is 9.16 Å². The van der Waals surface area contributed by atoms with Gasteiger partial charge in [-0.25, -0.2) is 0 Å². The van der Waals surface area contributed by atoms with Gasteiger partial charge in [-0.15, -0.1) is 0 Å². The summed E-state index contributed by atoms with van der Waals surface area (Å²) in [6.07, 6.45) is 4.19. The molecule has 3 rings (SSSR count). The van der Waals surface area contributed by atoms with Crippen LogP contribution < -0.4 is 10.4 Å². The van der Waals surface area contributed by atoms with Gasteiger partial charge in [0.05, 0.1) is 0 Å². The predicted molar refractivity (Wildman–Crippen MR) is 121 cm³/mol. The molecule has 0 amide bonds. The van der Waals surface area contributed by atoms with E-state index < -0.39 is 8.32 Å². The Kier molecular flexibility index (Phi) is 6.96. The van der Waals surface area contributed by atoms with E-state index in [0.29, 0.717) is 6.42 Å². The van der Waals surface area contributed by atoms with Crippen LogP contribution in [-0.2, 0) is 14.0 Å². The van der Waals surface area contributed by atoms with E-state index in [1.165, 1.54) is 10.4 Å². The van der Waals surface area contributed by atoms with Gasteiger partial charge in [-0.1, -0.05) is 94.8 Å². The van der Waals surface area contributed by atoms with E-state index in [-0.39, 0.29) is 23.2 Å². The van der Waals surface area contributed by atoms with Crippen molar-refractivity contribution >= 4 is 24.7 Å². The van der Waals surface area contributed by atoms with Crippen LogP contribution in [0.15, 0.2) is 60.7 Å². The quantitative estimate of drug-likeness (QED) is 0.462. The summed E-state index contributed by atoms with van der Waals surface area (Å²) >= 11 is 0. The largest absolute Gasteiger partial charge is 0.462 e. The van der Waals surface area contributed by atoms with Gasteiger partial charge in [0.25, 0.3) is 8.32 Å². The molecule has 4 heteroatoms. The first kappa shape index (κ1) is 21.8. The van der Waals surface area contributed by atoms with Gasteiger partial charge in [0.2, 0.25) is 0 Å². The van der Waals surface area contributed by atoms with Crippen LogP contribution in [0.1, 0.15) is 59.8 Å². The lowest BCUT2D eigenvalue weighted by atomic mass is 10.1. The first-order chi connectivity index (χ1) is 13.9. The lowest BCUT2D eigenvalue weighted by Gasteiger charge is -2.45. The Labute approximate surface area is 176 Å². The van der Waals surface area contributed by atoms with Crippen LogP contribution in [0.3, 0.4) is 0 Å². The molecule has 1 fully saturated rings. The summed E-state index contributed by atoms with van der Waals surface area (Å²) < 4.78 is 12.8. The lowest BCUT2D eigenvalue weighted by Crippen LogP contribution is -2.67. The average Bonchev–Trinajstić information content (AvgIpc) is 3.11. The zero-order chi connectivity index (χ0) is 20.9. The molecule has 3 nitrogen and oxygen atoms in total. The van der Waals surface area contributed by atoms with Crippen molar-refractivity contribution in [3.05, 3.63) is 60.7 Å². The summed E-state index contributed by atoms with van der Waals surface area (Å²) in [5.41, 5.74) is 0. The highest BCUT2D eigenvalue weighted by molar-refractivity contribution is 6.99. The molecule has 1 aliphatic heterocycles. The summed E-state index contributed by atoms with van der Waals surface area (Å²) in [4.78, 5) is 11.6. The molecule has 0 bridgehead atoms. The summed E-state index contributed by atoms with van der Waals surface area (Å²) in [6, 6.07) is 21.5. The Morgan fingerprint density at radius 3 is 2.00 bits per heavy atom. The van der Waals surface area contributed by atoms with E-state index in [0.717, 1.165) is 25.7 Å². The van der Waals surface area contributed by atoms with Crippen LogP contribution in [-0.4, -0.2) is 26.5 Å². The van der Waals surface area contributed by atoms with Gasteiger partial charge in [-0.2, -0.15) is 0 Å². The fourth-order valence-corrected chi connectivity index (χ4v) is 9.26. The third-order valence-corrected chi connectivity index (χ3v) is 11.0. The molecule has 1 heterocycles. The molecule has 29 heavy (non-hydrogen) atoms. The lowest BCUT2D eigenvalue weighted by molar-refractivity contribution is -0.142. The molecule has 2 aromatic rings. The Hall–Kier alpha value is -1.91. The fourth-order valence-electron chi connectivity index (χ4n) is 4.53. The number of esters is 1. The van der Waals surface area contributed by atoms with E-state index >= 15 is 0 Å². The van der Waals surface area contributed by atoms with Gasteiger partial charge >= 0.3 is 5.97 Å². The van der Waals surface area contributed by atoms with Gasteiger partial charge in [-0.3, -0.25) is 4.79 Å². The van der Waals surface area contributed by atoms with E-state index in [9.17, 15) is 4.79 Å². The Bertz CT molecular complexity index is 743. The first-order valence-corrected chi connectivity index (χ1v) is 12.8. The number of hydrogen-bond donors (Lipinski definition) is 0. The molecule has 156 valence electrons. The molecule has 0 unspecified atom stereocenters. The maximum absolute atomic E-state index is 11.6. The zero-order valence-corrected chi connectivity index (χ0v) is 19.2. The van der Waals surface area contributed by atoms with Crippen LogP contribution >= 0.6 is 0 Å². The van der Waals surface area contributed by atoms with Crippen molar-refractivity contribution in [3.63, 3.8) is 0 Å². The molecule has 0 saturated carbocycles. The van der Waals surface area contributed by atoms with Gasteiger partial charge in [0.15, 0.2) is 0 Å². The zero-order valence-electron chi connectivity index (χ0n) is 18.2. The predicted octanol–water partition coefficient (Wildman–Crippen LogP) is 4.83. The topological polar surface area (TPSA) is 35.5 Å². The van der Waals surface area contributed by atoms with Gasteiger partial charge in [-0.05, 0) is 28.3 Å². The molecule has 0 radical (unpaired) electrons. The highest BCUT2D eigenvalue weighted by Gasteiger charge is 2.51. The number of carbonyl (C=O) groups is 1. The number of ether oxygens (including phenoxy) is 1. The molecule has 0 N–H and O–H groups in total. The van der Waals surface area contributed by atoms with Gasteiger partial charge in [0.1, 0.15) is 6.10 Å². The molecule has 0 spiro atoms. The first-order valence-electron chi connectivity index (χ1n) is 10.8. The van der Waals surface area contributed by atoms with E-state index in [2.05, 4.69) is 88.4 Å². The van der Waals surface area contributed by atoms with Gasteiger partial charge in [0, 0.05) is 18.9 Å². The molecule has 1 saturated heterocycles. The fraction of sp³-hybridized carbons (Fsp3) is 0.480. The molecular weight excluding hydrogens is 376 g/mol. The van der Waals surface area contributed by atoms with Crippen molar-refractivity contribution in [1.29, 1.82) is 0 Å². The Balaban J connectivity index is 2.04. The number of benzene rings is 2. The second-order valence-electron chi connectivity index (χ2n) is 9.08. The van der Waals surface area contributed by atoms with Crippen molar-refractivity contribution in [3.8, 4) is 0 Å². The number of carbonyl (C=O) groups excluding carboxylic acids is 1. The number of hydrogen-bond acceptors (Lipinski definition) is 3. The molecule has 0 aromatic heterocycles. The third-order valence-electron chi connectivity index (χ3n) is 5.87. The van der Waals surface area contributed by atoms with Crippen LogP contribution in [0.5, 0.6) is 0 Å². The van der Waals surface area contributed by atoms with Crippen molar-refractivity contribution in [1.82, 2.24) is 0 Å². The van der Waals surface area contributed by atoms with Crippen molar-refractivity contribution in [2.24, 2.45) is 0 Å². The highest BCUT2D eigenvalue weighted by Crippen LogP contribution is 2.38. The second-order valence-corrected chi connectivity index (χ2v) is 13.3. The molecule has 0 aliphatic carbocycles. The normalized spacial score (nSPS) is 18.5. The van der Waals surface area contributed by atoms with Crippen molar-refractivity contribution in [2.45, 2.75) is 77.0 Å². The van der Waals surface area contributed by atoms with E-state index in [4.69, 9.17) is 9.16 Å². The van der Waals surface area contributed by atoms with Crippen LogP contribution in [0.25, 0.3) is 0 Å². The van der Waals surface area contributed by atoms with E-state index in [1.807, 2.05) is 0 Å². The average molecular weight is 411 g/mol. The molecule has 2 aromatic carbocycles. The maximum atomic E-state index is 11.6. The minimum atomic E-state index is -2.58. The smallest absolute Gasteiger partial charge is 0.306 e. The standard InChI is InChI=1S/C25H34O3Si/c1-5-12-21(19-20-17-18-24(26)27-20)28-29(25(2,3)4,22-13-8-6-9-14-22)23-15-10-7-11-16-23/h6-11,13-16,20-21H,5,12,17-19H2,1-4H3/t20-,21-/m0/s1. The third kappa shape index (κ3) is 4.81. The maximum Gasteiger partial charge on any atom is 0.306 e. The summed E-state index contributed by atoms with van der Waals surface area (Å²) in [6.45, 7) is 9.11. The summed E-state index contributed by atoms with van der Waals surface area (Å²) in [5, 5.41) is 2.54. The van der Waals surface area contributed by atoms with Crippen LogP contribution in [0.2, 0.25) is 5.04 Å². The summed E-state index contributed by atoms with van der Waals surface area (Å²) in [5.74, 6) is -0.0734. The SMILES string of the molecule is CCC[C@@H](C[C@@H]1CCC(=O)O1)O[Si](c1ccccc1)(c1ccccc1)C(C)(C)C. The molecule has 2 atom stereocenters. The summed E-state index contributed by atoms with van der Waals surface area (Å²) in [7, 11) is -2.58. The second kappa shape index (κ2) is 9.27. The molecule has 1 aliphatic rings. The van der Waals surface area contributed by atoms with Crippen molar-refractivity contribution in [2.75, 3.05) is 0 Å². The molecular formula is C25H34O3Si. The minimum Gasteiger partial charge on any atom is -0.462 e. The van der Waals surface area contributed by atoms with Crippen LogP contribution in [0, 0.1) is 0 Å². The van der Waals surface area contributed by atoms with Crippen LogP contribution in [0.4, 0.5) is 0 Å². The minimum absolute atomic E-state index is 0.0164. The monoisotopic (exact) mass is 410 g/mol. The number of cyclic esters (lactones) is 1. The number of rotatable bonds is 8. The Morgan fingerprint density at radius 2 is 1.59 bits per heavy atom. The Morgan fingerprint density at radius 1 is 1.03 bits per heavy atom. The van der Waals surface area contributed by atoms with E-state index in [1.54, 1.807) is 0 Å². The highest BCUT2D eigenvalue weighted by atomic mass is 28.4. The van der Waals surface area contributed by atoms with Crippen molar-refractivity contribution < 1.29 is 14.0 Å².